The van der Waals surface area contributed by atoms with Gasteiger partial charge in [-0.2, -0.15) is 0 Å². The summed E-state index contributed by atoms with van der Waals surface area (Å²) in [6, 6.07) is 21.0. The van der Waals surface area contributed by atoms with Crippen LogP contribution in [0.25, 0.3) is 10.9 Å². The lowest BCUT2D eigenvalue weighted by molar-refractivity contribution is -0.122. The first-order chi connectivity index (χ1) is 14.1. The zero-order valence-corrected chi connectivity index (χ0v) is 16.1. The van der Waals surface area contributed by atoms with E-state index in [9.17, 15) is 9.59 Å². The topological polar surface area (TPSA) is 75.1 Å². The van der Waals surface area contributed by atoms with Crippen molar-refractivity contribution < 1.29 is 9.21 Å². The van der Waals surface area contributed by atoms with Crippen molar-refractivity contribution in [2.24, 2.45) is 0 Å². The number of rotatable bonds is 6. The fourth-order valence-corrected chi connectivity index (χ4v) is 3.42. The lowest BCUT2D eigenvalue weighted by Crippen LogP contribution is -2.32. The van der Waals surface area contributed by atoms with E-state index in [4.69, 9.17) is 4.42 Å². The van der Waals surface area contributed by atoms with Crippen LogP contribution in [0.15, 0.2) is 82.2 Å². The van der Waals surface area contributed by atoms with Crippen molar-refractivity contribution in [3.05, 3.63) is 106 Å². The summed E-state index contributed by atoms with van der Waals surface area (Å²) < 4.78 is 5.45. The average Bonchev–Trinajstić information content (AvgIpc) is 3.24. The molecule has 0 saturated heterocycles. The van der Waals surface area contributed by atoms with Crippen LogP contribution in [0.1, 0.15) is 28.4 Å². The second kappa shape index (κ2) is 8.19. The highest BCUT2D eigenvalue weighted by Gasteiger charge is 2.22. The average molecular weight is 386 g/mol. The third-order valence-corrected chi connectivity index (χ3v) is 5.07. The lowest BCUT2D eigenvalue weighted by Gasteiger charge is -2.17. The van der Waals surface area contributed by atoms with Gasteiger partial charge in [0.15, 0.2) is 0 Å². The second-order valence-electron chi connectivity index (χ2n) is 7.18. The zero-order valence-electron chi connectivity index (χ0n) is 16.1. The van der Waals surface area contributed by atoms with E-state index in [1.807, 2.05) is 73.7 Å². The van der Waals surface area contributed by atoms with Crippen LogP contribution in [0.4, 0.5) is 0 Å². The van der Waals surface area contributed by atoms with Crippen LogP contribution in [-0.4, -0.2) is 10.9 Å². The standard InChI is InChI=1S/C24H22N2O3/c1-16-8-10-17(11-9-16)21(14-20-6-4-12-29-20)24(28)25-15-19-13-18-5-2-3-7-22(18)26-23(19)27/h2-13,21H,14-15H2,1H3,(H,25,28)(H,26,27). The number of furan rings is 1. The SMILES string of the molecule is Cc1ccc(C(Cc2ccco2)C(=O)NCc2cc3ccccc3[nH]c2=O)cc1. The minimum Gasteiger partial charge on any atom is -0.469 e. The third kappa shape index (κ3) is 4.29. The van der Waals surface area contributed by atoms with E-state index >= 15 is 0 Å². The van der Waals surface area contributed by atoms with Crippen molar-refractivity contribution in [3.63, 3.8) is 0 Å². The third-order valence-electron chi connectivity index (χ3n) is 5.07. The van der Waals surface area contributed by atoms with Crippen molar-refractivity contribution in [2.75, 3.05) is 0 Å². The molecule has 1 atom stereocenters. The van der Waals surface area contributed by atoms with Gasteiger partial charge in [0.05, 0.1) is 12.2 Å². The molecule has 146 valence electrons. The summed E-state index contributed by atoms with van der Waals surface area (Å²) in [4.78, 5) is 28.3. The van der Waals surface area contributed by atoms with Crippen molar-refractivity contribution in [1.29, 1.82) is 0 Å². The van der Waals surface area contributed by atoms with Crippen molar-refractivity contribution in [1.82, 2.24) is 10.3 Å². The fraction of sp³-hybridized carbons (Fsp3) is 0.167. The number of amides is 1. The first kappa shape index (κ1) is 18.7. The number of aromatic nitrogens is 1. The maximum Gasteiger partial charge on any atom is 0.253 e. The lowest BCUT2D eigenvalue weighted by atomic mass is 9.93. The van der Waals surface area contributed by atoms with E-state index in [-0.39, 0.29) is 18.0 Å². The number of benzene rings is 2. The molecule has 0 aliphatic rings. The van der Waals surface area contributed by atoms with Gasteiger partial charge in [0.25, 0.3) is 5.56 Å². The Morgan fingerprint density at radius 1 is 1.07 bits per heavy atom. The van der Waals surface area contributed by atoms with Gasteiger partial charge in [-0.1, -0.05) is 48.0 Å². The molecule has 4 rings (SSSR count). The van der Waals surface area contributed by atoms with Gasteiger partial charge in [0, 0.05) is 24.0 Å². The number of nitrogens with one attached hydrogen (secondary N) is 2. The molecule has 2 heterocycles. The Hall–Kier alpha value is -3.60. The number of pyridine rings is 1. The summed E-state index contributed by atoms with van der Waals surface area (Å²) in [6.07, 6.45) is 2.06. The van der Waals surface area contributed by atoms with Gasteiger partial charge in [-0.15, -0.1) is 0 Å². The summed E-state index contributed by atoms with van der Waals surface area (Å²) in [6.45, 7) is 2.18. The number of carbonyl (C=O) groups is 1. The molecule has 4 aromatic rings. The molecule has 2 aromatic heterocycles. The maximum absolute atomic E-state index is 13.0. The van der Waals surface area contributed by atoms with Gasteiger partial charge in [-0.25, -0.2) is 0 Å². The maximum atomic E-state index is 13.0. The van der Waals surface area contributed by atoms with Crippen LogP contribution >= 0.6 is 0 Å². The van der Waals surface area contributed by atoms with E-state index in [2.05, 4.69) is 10.3 Å². The number of fused-ring (bicyclic) bond motifs is 1. The van der Waals surface area contributed by atoms with Crippen molar-refractivity contribution in [2.45, 2.75) is 25.8 Å². The number of aryl methyl sites for hydroxylation is 1. The summed E-state index contributed by atoms with van der Waals surface area (Å²) >= 11 is 0. The molecule has 0 bridgehead atoms. The van der Waals surface area contributed by atoms with Crippen molar-refractivity contribution in [3.8, 4) is 0 Å². The highest BCUT2D eigenvalue weighted by atomic mass is 16.3. The number of H-pyrrole nitrogens is 1. The minimum absolute atomic E-state index is 0.141. The molecule has 0 radical (unpaired) electrons. The van der Waals surface area contributed by atoms with Gasteiger partial charge in [0.1, 0.15) is 5.76 Å². The smallest absolute Gasteiger partial charge is 0.253 e. The highest BCUT2D eigenvalue weighted by molar-refractivity contribution is 5.84. The summed E-state index contributed by atoms with van der Waals surface area (Å²) in [5, 5.41) is 3.86. The predicted octanol–water partition coefficient (Wildman–Crippen LogP) is 4.07. The van der Waals surface area contributed by atoms with E-state index in [1.165, 1.54) is 0 Å². The van der Waals surface area contributed by atoms with Crippen LogP contribution in [0.3, 0.4) is 0 Å². The second-order valence-corrected chi connectivity index (χ2v) is 7.18. The van der Waals surface area contributed by atoms with E-state index in [0.717, 1.165) is 27.8 Å². The van der Waals surface area contributed by atoms with Crippen molar-refractivity contribution >= 4 is 16.8 Å². The Labute approximate surface area is 168 Å². The monoisotopic (exact) mass is 386 g/mol. The molecule has 2 aromatic carbocycles. The molecular weight excluding hydrogens is 364 g/mol. The number of carbonyl (C=O) groups excluding carboxylic acids is 1. The molecule has 0 fully saturated rings. The van der Waals surface area contributed by atoms with E-state index in [0.29, 0.717) is 12.0 Å². The Morgan fingerprint density at radius 2 is 1.86 bits per heavy atom. The molecule has 0 spiro atoms. The normalized spacial score (nSPS) is 12.0. The van der Waals surface area contributed by atoms with Gasteiger partial charge < -0.3 is 14.7 Å². The highest BCUT2D eigenvalue weighted by Crippen LogP contribution is 2.22. The molecule has 2 N–H and O–H groups in total. The Morgan fingerprint density at radius 3 is 2.62 bits per heavy atom. The quantitative estimate of drug-likeness (QED) is 0.524. The molecule has 1 unspecified atom stereocenters. The number of hydrogen-bond donors (Lipinski definition) is 2. The van der Waals surface area contributed by atoms with E-state index in [1.54, 1.807) is 6.26 Å². The van der Waals surface area contributed by atoms with Crippen LogP contribution in [0, 0.1) is 6.92 Å². The number of para-hydroxylation sites is 1. The van der Waals surface area contributed by atoms with Gasteiger partial charge >= 0.3 is 0 Å². The predicted molar refractivity (Wildman–Crippen MR) is 113 cm³/mol. The summed E-state index contributed by atoms with van der Waals surface area (Å²) in [5.74, 6) is 0.202. The summed E-state index contributed by atoms with van der Waals surface area (Å²) in [5.41, 5.74) is 3.16. The zero-order chi connectivity index (χ0) is 20.2. The van der Waals surface area contributed by atoms with Gasteiger partial charge in [-0.3, -0.25) is 9.59 Å². The molecule has 1 amide bonds. The molecule has 0 saturated carbocycles. The summed E-state index contributed by atoms with van der Waals surface area (Å²) in [7, 11) is 0. The largest absolute Gasteiger partial charge is 0.469 e. The molecule has 5 heteroatoms. The van der Waals surface area contributed by atoms with Crippen LogP contribution < -0.4 is 10.9 Å². The first-order valence-electron chi connectivity index (χ1n) is 9.58. The molecule has 29 heavy (non-hydrogen) atoms. The van der Waals surface area contributed by atoms with Gasteiger partial charge in [-0.05, 0) is 42.1 Å². The molecule has 0 aliphatic carbocycles. The minimum atomic E-state index is -0.402. The molecular formula is C24H22N2O3. The van der Waals surface area contributed by atoms with Crippen LogP contribution in [-0.2, 0) is 17.8 Å². The Kier molecular flexibility index (Phi) is 5.29. The number of aromatic amines is 1. The Balaban J connectivity index is 1.55. The fourth-order valence-electron chi connectivity index (χ4n) is 3.42. The first-order valence-corrected chi connectivity index (χ1v) is 9.58. The molecule has 0 aliphatic heterocycles. The Bertz CT molecular complexity index is 1170. The molecule has 5 nitrogen and oxygen atoms in total. The van der Waals surface area contributed by atoms with Crippen LogP contribution in [0.2, 0.25) is 0 Å². The van der Waals surface area contributed by atoms with Gasteiger partial charge in [0.2, 0.25) is 5.91 Å². The number of hydrogen-bond acceptors (Lipinski definition) is 3. The van der Waals surface area contributed by atoms with E-state index < -0.39 is 5.92 Å². The van der Waals surface area contributed by atoms with Crippen LogP contribution in [0.5, 0.6) is 0 Å².